The Hall–Kier alpha value is -1.43. The average Bonchev–Trinajstić information content (AvgIpc) is 2.49. The summed E-state index contributed by atoms with van der Waals surface area (Å²) in [4.78, 5) is 8.06. The minimum absolute atomic E-state index is 0.446. The van der Waals surface area contributed by atoms with E-state index < -0.39 is 0 Å². The van der Waals surface area contributed by atoms with Crippen LogP contribution in [0.3, 0.4) is 0 Å². The lowest BCUT2D eigenvalue weighted by Gasteiger charge is -2.02. The van der Waals surface area contributed by atoms with Crippen LogP contribution in [-0.4, -0.2) is 19.7 Å². The maximum atomic E-state index is 5.49. The second-order valence-corrected chi connectivity index (χ2v) is 3.84. The Morgan fingerprint density at radius 1 is 1.33 bits per heavy atom. The van der Waals surface area contributed by atoms with E-state index in [1.807, 2.05) is 20.0 Å². The van der Waals surface area contributed by atoms with Gasteiger partial charge >= 0.3 is 0 Å². The van der Waals surface area contributed by atoms with Crippen molar-refractivity contribution in [3.63, 3.8) is 0 Å². The molecule has 0 aromatic carbocycles. The maximum absolute atomic E-state index is 5.49. The second kappa shape index (κ2) is 3.98. The predicted molar refractivity (Wildman–Crippen MR) is 57.8 cm³/mol. The summed E-state index contributed by atoms with van der Waals surface area (Å²) in [7, 11) is 1.81. The molecule has 2 aromatic heterocycles. The summed E-state index contributed by atoms with van der Waals surface area (Å²) >= 11 is 3.20. The molecule has 2 aromatic rings. The fourth-order valence-corrected chi connectivity index (χ4v) is 1.35. The van der Waals surface area contributed by atoms with Crippen LogP contribution in [-0.2, 0) is 7.05 Å². The van der Waals surface area contributed by atoms with Gasteiger partial charge in [-0.2, -0.15) is 5.10 Å². The molecular weight excluding hydrogens is 260 g/mol. The van der Waals surface area contributed by atoms with Crippen LogP contribution in [0.4, 0.5) is 0 Å². The van der Waals surface area contributed by atoms with Crippen LogP contribution in [0, 0.1) is 6.92 Å². The highest BCUT2D eigenvalue weighted by Gasteiger charge is 2.05. The van der Waals surface area contributed by atoms with Crippen molar-refractivity contribution in [3.8, 4) is 11.8 Å². The minimum atomic E-state index is 0.446. The predicted octanol–water partition coefficient (Wildman–Crippen LogP) is 2.07. The lowest BCUT2D eigenvalue weighted by molar-refractivity contribution is 0.413. The molecule has 0 radical (unpaired) electrons. The lowest BCUT2D eigenvalue weighted by atomic mass is 10.5. The Labute approximate surface area is 95.2 Å². The van der Waals surface area contributed by atoms with Gasteiger partial charge in [0.1, 0.15) is 4.60 Å². The summed E-state index contributed by atoms with van der Waals surface area (Å²) in [5, 5.41) is 4.16. The van der Waals surface area contributed by atoms with Gasteiger partial charge in [0.05, 0.1) is 18.1 Å². The summed E-state index contributed by atoms with van der Waals surface area (Å²) in [5.74, 6) is 1.09. The Balaban J connectivity index is 2.21. The van der Waals surface area contributed by atoms with Gasteiger partial charge in [0, 0.05) is 13.1 Å². The molecule has 2 heterocycles. The van der Waals surface area contributed by atoms with E-state index >= 15 is 0 Å². The van der Waals surface area contributed by atoms with Gasteiger partial charge in [-0.3, -0.25) is 0 Å². The first-order valence-corrected chi connectivity index (χ1v) is 5.10. The van der Waals surface area contributed by atoms with Crippen molar-refractivity contribution in [3.05, 3.63) is 28.8 Å². The normalized spacial score (nSPS) is 10.3. The molecule has 15 heavy (non-hydrogen) atoms. The summed E-state index contributed by atoms with van der Waals surface area (Å²) in [6.07, 6.45) is 3.13. The fourth-order valence-electron chi connectivity index (χ4n) is 1.14. The smallest absolute Gasteiger partial charge is 0.239 e. The third kappa shape index (κ3) is 2.33. The lowest BCUT2D eigenvalue weighted by Crippen LogP contribution is -1.96. The highest BCUT2D eigenvalue weighted by molar-refractivity contribution is 9.10. The van der Waals surface area contributed by atoms with E-state index in [0.717, 1.165) is 5.69 Å². The molecule has 0 fully saturated rings. The monoisotopic (exact) mass is 268 g/mol. The number of ether oxygens (including phenoxy) is 1. The molecule has 0 unspecified atom stereocenters. The molecule has 0 aliphatic heterocycles. The quantitative estimate of drug-likeness (QED) is 0.837. The molecule has 0 saturated carbocycles. The number of aryl methyl sites for hydroxylation is 2. The van der Waals surface area contributed by atoms with Crippen LogP contribution in [0.15, 0.2) is 23.1 Å². The van der Waals surface area contributed by atoms with Gasteiger partial charge in [0.25, 0.3) is 0 Å². The molecule has 0 saturated heterocycles. The molecular formula is C9H9BrN4O. The van der Waals surface area contributed by atoms with E-state index in [9.17, 15) is 0 Å². The van der Waals surface area contributed by atoms with Crippen LogP contribution in [0.1, 0.15) is 5.69 Å². The summed E-state index contributed by atoms with van der Waals surface area (Å²) in [5.41, 5.74) is 0.901. The molecule has 0 aliphatic rings. The summed E-state index contributed by atoms with van der Waals surface area (Å²) < 4.78 is 7.82. The van der Waals surface area contributed by atoms with Crippen LogP contribution in [0.5, 0.6) is 11.8 Å². The van der Waals surface area contributed by atoms with Crippen molar-refractivity contribution in [2.75, 3.05) is 0 Å². The van der Waals surface area contributed by atoms with E-state index in [4.69, 9.17) is 4.74 Å². The van der Waals surface area contributed by atoms with Crippen molar-refractivity contribution >= 4 is 15.9 Å². The number of aromatic nitrogens is 4. The van der Waals surface area contributed by atoms with Gasteiger partial charge < -0.3 is 4.74 Å². The molecule has 0 atom stereocenters. The van der Waals surface area contributed by atoms with E-state index in [-0.39, 0.29) is 0 Å². The first-order chi connectivity index (χ1) is 7.15. The first-order valence-electron chi connectivity index (χ1n) is 4.31. The Morgan fingerprint density at radius 2 is 2.13 bits per heavy atom. The van der Waals surface area contributed by atoms with Crippen molar-refractivity contribution in [1.29, 1.82) is 0 Å². The number of rotatable bonds is 2. The maximum Gasteiger partial charge on any atom is 0.239 e. The van der Waals surface area contributed by atoms with Crippen LogP contribution < -0.4 is 4.74 Å². The zero-order valence-corrected chi connectivity index (χ0v) is 9.89. The molecule has 2 rings (SSSR count). The van der Waals surface area contributed by atoms with Gasteiger partial charge in [-0.05, 0) is 22.9 Å². The van der Waals surface area contributed by atoms with E-state index in [0.29, 0.717) is 16.4 Å². The minimum Gasteiger partial charge on any atom is -0.419 e. The fraction of sp³-hybridized carbons (Fsp3) is 0.222. The van der Waals surface area contributed by atoms with E-state index in [1.165, 1.54) is 0 Å². The summed E-state index contributed by atoms with van der Waals surface area (Å²) in [6.45, 7) is 1.90. The number of halogens is 1. The van der Waals surface area contributed by atoms with E-state index in [1.54, 1.807) is 17.1 Å². The van der Waals surface area contributed by atoms with Gasteiger partial charge in [-0.1, -0.05) is 0 Å². The highest BCUT2D eigenvalue weighted by atomic mass is 79.9. The standard InChI is InChI=1S/C9H9BrN4O/c1-6-3-9(14(2)13-6)15-8-5-11-7(10)4-12-8/h3-5H,1-2H3. The van der Waals surface area contributed by atoms with Crippen molar-refractivity contribution < 1.29 is 4.74 Å². The SMILES string of the molecule is Cc1cc(Oc2cnc(Br)cn2)n(C)n1. The molecule has 0 aliphatic carbocycles. The Kier molecular flexibility index (Phi) is 2.68. The highest BCUT2D eigenvalue weighted by Crippen LogP contribution is 2.19. The van der Waals surface area contributed by atoms with Gasteiger partial charge in [-0.25, -0.2) is 14.6 Å². The number of nitrogens with zero attached hydrogens (tertiary/aromatic N) is 4. The van der Waals surface area contributed by atoms with Gasteiger partial charge in [-0.15, -0.1) is 0 Å². The largest absolute Gasteiger partial charge is 0.419 e. The molecule has 0 N–H and O–H groups in total. The molecule has 6 heteroatoms. The first kappa shape index (κ1) is 10.1. The number of hydrogen-bond donors (Lipinski definition) is 0. The Bertz CT molecular complexity index is 465. The third-order valence-electron chi connectivity index (χ3n) is 1.76. The topological polar surface area (TPSA) is 52.8 Å². The van der Waals surface area contributed by atoms with Crippen LogP contribution in [0.2, 0.25) is 0 Å². The second-order valence-electron chi connectivity index (χ2n) is 3.03. The van der Waals surface area contributed by atoms with Crippen molar-refractivity contribution in [2.45, 2.75) is 6.92 Å². The molecule has 5 nitrogen and oxygen atoms in total. The van der Waals surface area contributed by atoms with Gasteiger partial charge in [0.15, 0.2) is 0 Å². The third-order valence-corrected chi connectivity index (χ3v) is 2.17. The average molecular weight is 269 g/mol. The molecule has 0 amide bonds. The molecule has 0 spiro atoms. The zero-order valence-electron chi connectivity index (χ0n) is 8.31. The van der Waals surface area contributed by atoms with E-state index in [2.05, 4.69) is 31.0 Å². The molecule has 0 bridgehead atoms. The summed E-state index contributed by atoms with van der Waals surface area (Å²) in [6, 6.07) is 1.84. The van der Waals surface area contributed by atoms with Crippen molar-refractivity contribution in [2.24, 2.45) is 7.05 Å². The number of hydrogen-bond acceptors (Lipinski definition) is 4. The molecule has 78 valence electrons. The Morgan fingerprint density at radius 3 is 2.67 bits per heavy atom. The zero-order chi connectivity index (χ0) is 10.8. The van der Waals surface area contributed by atoms with Crippen LogP contribution >= 0.6 is 15.9 Å². The van der Waals surface area contributed by atoms with Crippen molar-refractivity contribution in [1.82, 2.24) is 19.7 Å². The van der Waals surface area contributed by atoms with Gasteiger partial charge in [0.2, 0.25) is 11.8 Å². The van der Waals surface area contributed by atoms with Crippen LogP contribution in [0.25, 0.3) is 0 Å².